The van der Waals surface area contributed by atoms with Crippen molar-refractivity contribution < 1.29 is 14.3 Å². The van der Waals surface area contributed by atoms with Gasteiger partial charge in [0.05, 0.1) is 0 Å². The normalized spacial score (nSPS) is 20.3. The maximum atomic E-state index is 12.6. The predicted molar refractivity (Wildman–Crippen MR) is 92.4 cm³/mol. The molecule has 0 aromatic heterocycles. The highest BCUT2D eigenvalue weighted by molar-refractivity contribution is 6.14. The van der Waals surface area contributed by atoms with E-state index in [9.17, 15) is 9.59 Å². The molecule has 2 aliphatic rings. The molecule has 1 saturated carbocycles. The van der Waals surface area contributed by atoms with E-state index in [1.54, 1.807) is 12.2 Å². The molecule has 1 heterocycles. The first-order chi connectivity index (χ1) is 11.7. The molecule has 0 unspecified atom stereocenters. The Labute approximate surface area is 142 Å². The van der Waals surface area contributed by atoms with Crippen molar-refractivity contribution in [2.75, 3.05) is 6.61 Å². The lowest BCUT2D eigenvalue weighted by Crippen LogP contribution is -2.41. The molecule has 126 valence electrons. The van der Waals surface area contributed by atoms with Crippen molar-refractivity contribution in [3.8, 4) is 5.75 Å². The zero-order chi connectivity index (χ0) is 16.9. The van der Waals surface area contributed by atoms with E-state index in [0.29, 0.717) is 12.3 Å². The first kappa shape index (κ1) is 16.3. The summed E-state index contributed by atoms with van der Waals surface area (Å²) in [4.78, 5) is 26.1. The molecular formula is C19H22N2O3. The summed E-state index contributed by atoms with van der Waals surface area (Å²) in [5.74, 6) is 0.515. The molecule has 2 fully saturated rings. The Kier molecular flexibility index (Phi) is 4.99. The highest BCUT2D eigenvalue weighted by atomic mass is 16.5. The van der Waals surface area contributed by atoms with Gasteiger partial charge in [-0.15, -0.1) is 0 Å². The molecule has 1 saturated heterocycles. The van der Waals surface area contributed by atoms with Crippen LogP contribution in [0, 0.1) is 0 Å². The number of benzene rings is 1. The molecule has 1 aliphatic carbocycles. The van der Waals surface area contributed by atoms with Crippen molar-refractivity contribution in [2.24, 2.45) is 0 Å². The number of amides is 3. The van der Waals surface area contributed by atoms with Crippen LogP contribution in [0.3, 0.4) is 0 Å². The molecule has 1 N–H and O–H groups in total. The number of nitrogens with zero attached hydrogens (tertiary/aromatic N) is 1. The zero-order valence-corrected chi connectivity index (χ0v) is 13.7. The molecule has 0 bridgehead atoms. The van der Waals surface area contributed by atoms with Crippen LogP contribution in [-0.4, -0.2) is 29.5 Å². The van der Waals surface area contributed by atoms with Gasteiger partial charge >= 0.3 is 6.03 Å². The molecular weight excluding hydrogens is 304 g/mol. The van der Waals surface area contributed by atoms with Crippen LogP contribution in [-0.2, 0) is 4.79 Å². The lowest BCUT2D eigenvalue weighted by atomic mass is 9.94. The van der Waals surface area contributed by atoms with Crippen LogP contribution in [0.15, 0.2) is 42.6 Å². The molecule has 0 spiro atoms. The number of urea groups is 1. The fraction of sp³-hybridized carbons (Fsp3) is 0.368. The SMILES string of the molecule is C=CCOc1ccc(/C=C2\NC(=O)N(C3CCCCC3)C2=O)cc1. The Balaban J connectivity index is 1.72. The molecule has 5 heteroatoms. The fourth-order valence-corrected chi connectivity index (χ4v) is 3.20. The van der Waals surface area contributed by atoms with E-state index in [4.69, 9.17) is 4.74 Å². The lowest BCUT2D eigenvalue weighted by molar-refractivity contribution is -0.124. The molecule has 0 radical (unpaired) electrons. The second-order valence-electron chi connectivity index (χ2n) is 6.12. The Morgan fingerprint density at radius 2 is 1.88 bits per heavy atom. The van der Waals surface area contributed by atoms with Gasteiger partial charge in [-0.1, -0.05) is 44.1 Å². The van der Waals surface area contributed by atoms with Crippen LogP contribution in [0.1, 0.15) is 37.7 Å². The highest BCUT2D eigenvalue weighted by Gasteiger charge is 2.38. The van der Waals surface area contributed by atoms with E-state index in [0.717, 1.165) is 37.0 Å². The third kappa shape index (κ3) is 3.50. The number of imide groups is 1. The summed E-state index contributed by atoms with van der Waals surface area (Å²) in [5.41, 5.74) is 1.18. The third-order valence-electron chi connectivity index (χ3n) is 4.41. The van der Waals surface area contributed by atoms with Crippen LogP contribution >= 0.6 is 0 Å². The van der Waals surface area contributed by atoms with Gasteiger partial charge in [-0.3, -0.25) is 9.69 Å². The van der Waals surface area contributed by atoms with Gasteiger partial charge in [-0.2, -0.15) is 0 Å². The number of rotatable bonds is 5. The first-order valence-corrected chi connectivity index (χ1v) is 8.39. The van der Waals surface area contributed by atoms with E-state index in [2.05, 4.69) is 11.9 Å². The van der Waals surface area contributed by atoms with E-state index >= 15 is 0 Å². The minimum Gasteiger partial charge on any atom is -0.490 e. The average molecular weight is 326 g/mol. The van der Waals surface area contributed by atoms with Crippen molar-refractivity contribution in [3.05, 3.63) is 48.2 Å². The largest absolute Gasteiger partial charge is 0.490 e. The number of ether oxygens (including phenoxy) is 1. The molecule has 3 amide bonds. The molecule has 1 aliphatic heterocycles. The topological polar surface area (TPSA) is 58.6 Å². The van der Waals surface area contributed by atoms with Crippen LogP contribution in [0.4, 0.5) is 4.79 Å². The Bertz CT molecular complexity index is 658. The first-order valence-electron chi connectivity index (χ1n) is 8.39. The van der Waals surface area contributed by atoms with Gasteiger partial charge < -0.3 is 10.1 Å². The van der Waals surface area contributed by atoms with Gasteiger partial charge in [0.25, 0.3) is 5.91 Å². The summed E-state index contributed by atoms with van der Waals surface area (Å²) < 4.78 is 5.43. The summed E-state index contributed by atoms with van der Waals surface area (Å²) >= 11 is 0. The summed E-state index contributed by atoms with van der Waals surface area (Å²) in [6, 6.07) is 7.10. The Morgan fingerprint density at radius 3 is 2.54 bits per heavy atom. The summed E-state index contributed by atoms with van der Waals surface area (Å²) in [6.07, 6.45) is 8.54. The number of carbonyl (C=O) groups is 2. The Hall–Kier alpha value is -2.56. The highest BCUT2D eigenvalue weighted by Crippen LogP contribution is 2.27. The minimum atomic E-state index is -0.302. The van der Waals surface area contributed by atoms with Crippen LogP contribution in [0.25, 0.3) is 6.08 Å². The fourth-order valence-electron chi connectivity index (χ4n) is 3.20. The number of hydrogen-bond donors (Lipinski definition) is 1. The molecule has 3 rings (SSSR count). The third-order valence-corrected chi connectivity index (χ3v) is 4.41. The van der Waals surface area contributed by atoms with Gasteiger partial charge in [0.2, 0.25) is 0 Å². The quantitative estimate of drug-likeness (QED) is 0.512. The predicted octanol–water partition coefficient (Wildman–Crippen LogP) is 3.48. The van der Waals surface area contributed by atoms with Crippen molar-refractivity contribution in [1.82, 2.24) is 10.2 Å². The smallest absolute Gasteiger partial charge is 0.329 e. The van der Waals surface area contributed by atoms with E-state index in [1.165, 1.54) is 11.3 Å². The van der Waals surface area contributed by atoms with Crippen LogP contribution in [0.5, 0.6) is 5.75 Å². The summed E-state index contributed by atoms with van der Waals surface area (Å²) in [5, 5.41) is 2.70. The van der Waals surface area contributed by atoms with Gasteiger partial charge in [0.1, 0.15) is 18.1 Å². The number of hydrogen-bond acceptors (Lipinski definition) is 3. The average Bonchev–Trinajstić information content (AvgIpc) is 2.88. The monoisotopic (exact) mass is 326 g/mol. The zero-order valence-electron chi connectivity index (χ0n) is 13.7. The van der Waals surface area contributed by atoms with Gasteiger partial charge in [-0.25, -0.2) is 4.79 Å². The molecule has 5 nitrogen and oxygen atoms in total. The minimum absolute atomic E-state index is 0.0341. The standard InChI is InChI=1S/C19H22N2O3/c1-2-12-24-16-10-8-14(9-11-16)13-17-18(22)21(19(23)20-17)15-6-4-3-5-7-15/h2,8-11,13,15H,1,3-7,12H2,(H,20,23)/b17-13-. The van der Waals surface area contributed by atoms with Crippen molar-refractivity contribution in [2.45, 2.75) is 38.1 Å². The molecule has 1 aromatic carbocycles. The van der Waals surface area contributed by atoms with Gasteiger partial charge in [0, 0.05) is 6.04 Å². The molecule has 24 heavy (non-hydrogen) atoms. The van der Waals surface area contributed by atoms with Crippen molar-refractivity contribution in [1.29, 1.82) is 0 Å². The maximum absolute atomic E-state index is 12.6. The van der Waals surface area contributed by atoms with E-state index in [-0.39, 0.29) is 18.0 Å². The lowest BCUT2D eigenvalue weighted by Gasteiger charge is -2.28. The summed E-state index contributed by atoms with van der Waals surface area (Å²) in [7, 11) is 0. The number of nitrogens with one attached hydrogen (secondary N) is 1. The maximum Gasteiger partial charge on any atom is 0.329 e. The second kappa shape index (κ2) is 7.34. The van der Waals surface area contributed by atoms with E-state index in [1.807, 2.05) is 24.3 Å². The molecule has 0 atom stereocenters. The van der Waals surface area contributed by atoms with Crippen molar-refractivity contribution >= 4 is 18.0 Å². The van der Waals surface area contributed by atoms with Gasteiger partial charge in [-0.05, 0) is 36.6 Å². The van der Waals surface area contributed by atoms with Crippen LogP contribution in [0.2, 0.25) is 0 Å². The number of carbonyl (C=O) groups excluding carboxylic acids is 2. The van der Waals surface area contributed by atoms with Crippen molar-refractivity contribution in [3.63, 3.8) is 0 Å². The molecule has 1 aromatic rings. The Morgan fingerprint density at radius 1 is 1.17 bits per heavy atom. The van der Waals surface area contributed by atoms with Crippen LogP contribution < -0.4 is 10.1 Å². The van der Waals surface area contributed by atoms with E-state index < -0.39 is 0 Å². The second-order valence-corrected chi connectivity index (χ2v) is 6.12. The summed E-state index contributed by atoms with van der Waals surface area (Å²) in [6.45, 7) is 4.06. The van der Waals surface area contributed by atoms with Gasteiger partial charge in [0.15, 0.2) is 0 Å².